The molecule has 0 spiro atoms. The Morgan fingerprint density at radius 3 is 1.00 bits per heavy atom. The van der Waals surface area contributed by atoms with Crippen molar-refractivity contribution in [2.45, 2.75) is 10.8 Å². The number of benzene rings is 12. The Morgan fingerprint density at radius 2 is 0.539 bits per heavy atom. The van der Waals surface area contributed by atoms with Crippen molar-refractivity contribution in [2.75, 3.05) is 0 Å². The quantitative estimate of drug-likeness (QED) is 0.138. The largest absolute Gasteiger partial charge is 0.265 e. The van der Waals surface area contributed by atoms with Gasteiger partial charge in [0.15, 0.2) is 0 Å². The van der Waals surface area contributed by atoms with E-state index in [4.69, 9.17) is 0 Å². The second kappa shape index (κ2) is 17.5. The minimum Gasteiger partial charge on any atom is -0.265 e. The van der Waals surface area contributed by atoms with Crippen LogP contribution in [-0.4, -0.2) is 4.98 Å². The number of aromatic nitrogens is 1. The van der Waals surface area contributed by atoms with Crippen molar-refractivity contribution >= 4 is 21.5 Å². The van der Waals surface area contributed by atoms with Gasteiger partial charge in [0.05, 0.1) is 10.8 Å². The summed E-state index contributed by atoms with van der Waals surface area (Å²) in [5.41, 5.74) is 23.8. The molecule has 1 heterocycles. The van der Waals surface area contributed by atoms with Crippen LogP contribution in [0, 0.1) is 0 Å². The first kappa shape index (κ1) is 43.9. The molecule has 0 saturated heterocycles. The molecule has 1 nitrogen and oxygen atoms in total. The second-order valence-corrected chi connectivity index (χ2v) is 20.4. The number of hydrogen-bond acceptors (Lipinski definition) is 1. The molecular formula is C75H49N. The standard InChI is InChI=1S/C75H49N/c1-5-19-56(20-6-1)74(57-21-7-2-8-22-57)68-31-17-15-27-60(68)62-40-38-54(48-70(62)74)72-64-29-13-14-30-65(64)73(67-47-53(37-42-66(67)72)51-35-33-50(34-36-51)52-43-45-76-46-44-52)55-39-41-63-61-28-16-18-32-69(61)75(71(63)49-55,58-23-9-3-10-24-58)59-25-11-4-12-26-59/h1-49H. The van der Waals surface area contributed by atoms with Gasteiger partial charge in [0.2, 0.25) is 0 Å². The molecule has 2 aliphatic rings. The van der Waals surface area contributed by atoms with Crippen molar-refractivity contribution in [1.82, 2.24) is 4.98 Å². The first-order valence-electron chi connectivity index (χ1n) is 26.4. The predicted molar refractivity (Wildman–Crippen MR) is 316 cm³/mol. The summed E-state index contributed by atoms with van der Waals surface area (Å²) in [4.78, 5) is 4.28. The molecule has 0 aliphatic heterocycles. The molecule has 76 heavy (non-hydrogen) atoms. The van der Waals surface area contributed by atoms with Gasteiger partial charge in [-0.2, -0.15) is 0 Å². The molecule has 15 rings (SSSR count). The molecule has 13 aromatic rings. The molecule has 0 saturated carbocycles. The number of fused-ring (bicyclic) bond motifs is 8. The maximum Gasteiger partial charge on any atom is 0.0713 e. The number of nitrogens with zero attached hydrogens (tertiary/aromatic N) is 1. The molecule has 354 valence electrons. The van der Waals surface area contributed by atoms with Gasteiger partial charge in [-0.1, -0.05) is 255 Å². The summed E-state index contributed by atoms with van der Waals surface area (Å²) < 4.78 is 0. The van der Waals surface area contributed by atoms with Gasteiger partial charge in [-0.05, 0) is 163 Å². The highest BCUT2D eigenvalue weighted by Crippen LogP contribution is 2.59. The summed E-state index contributed by atoms with van der Waals surface area (Å²) in [5.74, 6) is 0. The number of pyridine rings is 1. The summed E-state index contributed by atoms with van der Waals surface area (Å²) in [6.07, 6.45) is 3.72. The zero-order valence-corrected chi connectivity index (χ0v) is 41.7. The van der Waals surface area contributed by atoms with Crippen LogP contribution in [0.15, 0.2) is 298 Å². The van der Waals surface area contributed by atoms with Crippen LogP contribution in [0.5, 0.6) is 0 Å². The van der Waals surface area contributed by atoms with Crippen LogP contribution >= 0.6 is 0 Å². The lowest BCUT2D eigenvalue weighted by Crippen LogP contribution is -2.28. The SMILES string of the molecule is c1ccc(C2(c3ccccc3)c3ccccc3-c3ccc(-c4c5ccccc5c(-c5ccc6c(c5)C(c5ccccc5)(c5ccccc5)c5ccccc5-6)c5cc(-c6ccc(-c7ccncc7)cc6)ccc45)cc32)cc1. The topological polar surface area (TPSA) is 12.9 Å². The lowest BCUT2D eigenvalue weighted by Gasteiger charge is -2.34. The Morgan fingerprint density at radius 1 is 0.211 bits per heavy atom. The Kier molecular flexibility index (Phi) is 10.1. The summed E-state index contributed by atoms with van der Waals surface area (Å²) in [6.45, 7) is 0. The average Bonchev–Trinajstić information content (AvgIpc) is 4.03. The van der Waals surface area contributed by atoms with E-state index in [1.54, 1.807) is 0 Å². The monoisotopic (exact) mass is 963 g/mol. The Bertz CT molecular complexity index is 4270. The van der Waals surface area contributed by atoms with Crippen LogP contribution in [-0.2, 0) is 10.8 Å². The van der Waals surface area contributed by atoms with E-state index in [2.05, 4.69) is 290 Å². The first-order chi connectivity index (χ1) is 37.7. The fourth-order valence-corrected chi connectivity index (χ4v) is 13.6. The minimum absolute atomic E-state index is 0.530. The normalized spacial score (nSPS) is 13.5. The molecule has 2 aliphatic carbocycles. The van der Waals surface area contributed by atoms with E-state index in [1.807, 2.05) is 12.4 Å². The number of hydrogen-bond donors (Lipinski definition) is 0. The van der Waals surface area contributed by atoms with Crippen LogP contribution in [0.25, 0.3) is 88.3 Å². The van der Waals surface area contributed by atoms with Crippen LogP contribution in [0.1, 0.15) is 44.5 Å². The van der Waals surface area contributed by atoms with Crippen molar-refractivity contribution in [1.29, 1.82) is 0 Å². The smallest absolute Gasteiger partial charge is 0.0713 e. The third kappa shape index (κ3) is 6.42. The highest BCUT2D eigenvalue weighted by molar-refractivity contribution is 6.22. The van der Waals surface area contributed by atoms with E-state index in [1.165, 1.54) is 127 Å². The molecule has 0 bridgehead atoms. The number of rotatable bonds is 8. The van der Waals surface area contributed by atoms with Gasteiger partial charge < -0.3 is 0 Å². The minimum atomic E-state index is -0.538. The maximum atomic E-state index is 4.28. The summed E-state index contributed by atoms with van der Waals surface area (Å²) in [5, 5.41) is 4.87. The van der Waals surface area contributed by atoms with Gasteiger partial charge >= 0.3 is 0 Å². The molecule has 0 amide bonds. The zero-order chi connectivity index (χ0) is 50.2. The molecule has 0 fully saturated rings. The lowest BCUT2D eigenvalue weighted by molar-refractivity contribution is 0.769. The highest BCUT2D eigenvalue weighted by atomic mass is 14.6. The van der Waals surface area contributed by atoms with E-state index in [0.29, 0.717) is 0 Å². The van der Waals surface area contributed by atoms with Gasteiger partial charge in [0.25, 0.3) is 0 Å². The maximum absolute atomic E-state index is 4.28. The van der Waals surface area contributed by atoms with Crippen molar-refractivity contribution < 1.29 is 0 Å². The van der Waals surface area contributed by atoms with Crippen LogP contribution in [0.2, 0.25) is 0 Å². The molecule has 0 radical (unpaired) electrons. The molecule has 0 unspecified atom stereocenters. The Balaban J connectivity index is 1.02. The van der Waals surface area contributed by atoms with Gasteiger partial charge in [-0.25, -0.2) is 0 Å². The molecule has 1 heteroatoms. The molecule has 12 aromatic carbocycles. The third-order valence-corrected chi connectivity index (χ3v) is 16.8. The Labute approximate surface area is 443 Å². The van der Waals surface area contributed by atoms with Crippen LogP contribution in [0.3, 0.4) is 0 Å². The summed E-state index contributed by atoms with van der Waals surface area (Å²) in [7, 11) is 0. The van der Waals surface area contributed by atoms with Crippen molar-refractivity contribution in [3.05, 3.63) is 342 Å². The third-order valence-electron chi connectivity index (χ3n) is 16.8. The molecule has 0 N–H and O–H groups in total. The first-order valence-corrected chi connectivity index (χ1v) is 26.4. The Hall–Kier alpha value is -9.69. The van der Waals surface area contributed by atoms with Crippen LogP contribution < -0.4 is 0 Å². The van der Waals surface area contributed by atoms with Crippen molar-refractivity contribution in [3.63, 3.8) is 0 Å². The summed E-state index contributed by atoms with van der Waals surface area (Å²) >= 11 is 0. The van der Waals surface area contributed by atoms with Crippen molar-refractivity contribution in [3.8, 4) is 66.8 Å². The lowest BCUT2D eigenvalue weighted by atomic mass is 9.67. The summed E-state index contributed by atoms with van der Waals surface area (Å²) in [6, 6.07) is 107. The van der Waals surface area contributed by atoms with Gasteiger partial charge in [-0.15, -0.1) is 0 Å². The van der Waals surface area contributed by atoms with E-state index in [0.717, 1.165) is 5.56 Å². The second-order valence-electron chi connectivity index (χ2n) is 20.4. The predicted octanol–water partition coefficient (Wildman–Crippen LogP) is 18.8. The van der Waals surface area contributed by atoms with Gasteiger partial charge in [0, 0.05) is 12.4 Å². The van der Waals surface area contributed by atoms with Crippen LogP contribution in [0.4, 0.5) is 0 Å². The van der Waals surface area contributed by atoms with E-state index in [9.17, 15) is 0 Å². The zero-order valence-electron chi connectivity index (χ0n) is 41.7. The molecular weight excluding hydrogens is 915 g/mol. The molecule has 1 aromatic heterocycles. The van der Waals surface area contributed by atoms with Crippen molar-refractivity contribution in [2.24, 2.45) is 0 Å². The fraction of sp³-hybridized carbons (Fsp3) is 0.0267. The van der Waals surface area contributed by atoms with Gasteiger partial charge in [0.1, 0.15) is 0 Å². The average molecular weight is 964 g/mol. The van der Waals surface area contributed by atoms with E-state index < -0.39 is 10.8 Å². The highest BCUT2D eigenvalue weighted by Gasteiger charge is 2.47. The van der Waals surface area contributed by atoms with Gasteiger partial charge in [-0.3, -0.25) is 4.98 Å². The fourth-order valence-electron chi connectivity index (χ4n) is 13.6. The molecule has 0 atom stereocenters. The van der Waals surface area contributed by atoms with E-state index in [-0.39, 0.29) is 0 Å². The van der Waals surface area contributed by atoms with E-state index >= 15 is 0 Å².